The molecule has 0 unspecified atom stereocenters. The number of hydrogen-bond donors (Lipinski definition) is 1. The molecule has 0 bridgehead atoms. The molecule has 0 saturated carbocycles. The molecule has 0 aromatic heterocycles. The van der Waals surface area contributed by atoms with Crippen LogP contribution < -0.4 is 0 Å². The van der Waals surface area contributed by atoms with Gasteiger partial charge in [0.05, 0.1) is 5.60 Å². The molecular weight excluding hydrogens is 224 g/mol. The van der Waals surface area contributed by atoms with Crippen LogP contribution in [0.25, 0.3) is 0 Å². The Labute approximate surface area is 109 Å². The number of aromatic hydroxyl groups is 1. The van der Waals surface area contributed by atoms with Crippen LogP contribution in [-0.4, -0.2) is 17.8 Å². The van der Waals surface area contributed by atoms with E-state index in [4.69, 9.17) is 4.74 Å². The molecule has 0 spiro atoms. The van der Waals surface area contributed by atoms with Crippen molar-refractivity contribution < 1.29 is 9.84 Å². The van der Waals surface area contributed by atoms with E-state index in [1.165, 1.54) is 0 Å². The molecule has 0 heterocycles. The molecule has 1 aromatic carbocycles. The van der Waals surface area contributed by atoms with Crippen LogP contribution in [0.5, 0.6) is 5.75 Å². The molecule has 96 valence electrons. The number of allylic oxidation sites excluding steroid dienone is 1. The summed E-state index contributed by atoms with van der Waals surface area (Å²) < 4.78 is 5.81. The fourth-order valence-corrected chi connectivity index (χ4v) is 2.81. The average Bonchev–Trinajstić information content (AvgIpc) is 2.40. The van der Waals surface area contributed by atoms with Gasteiger partial charge in [0.2, 0.25) is 0 Å². The van der Waals surface area contributed by atoms with Crippen LogP contribution in [0.2, 0.25) is 0 Å². The van der Waals surface area contributed by atoms with Crippen molar-refractivity contribution in [3.05, 3.63) is 54.6 Å². The lowest BCUT2D eigenvalue weighted by atomic mass is 9.73. The molecule has 2 atom stereocenters. The Morgan fingerprint density at radius 1 is 1.50 bits per heavy atom. The van der Waals surface area contributed by atoms with E-state index in [-0.39, 0.29) is 11.5 Å². The molecule has 1 aromatic rings. The third-order valence-electron chi connectivity index (χ3n) is 3.80. The predicted molar refractivity (Wildman–Crippen MR) is 73.8 cm³/mol. The van der Waals surface area contributed by atoms with Crippen molar-refractivity contribution in [1.82, 2.24) is 0 Å². The lowest BCUT2D eigenvalue weighted by Crippen LogP contribution is -2.39. The summed E-state index contributed by atoms with van der Waals surface area (Å²) in [5.74, 6) is 0.412. The number of benzene rings is 1. The molecule has 0 fully saturated rings. The Kier molecular flexibility index (Phi) is 3.87. The minimum atomic E-state index is -0.282. The Bertz CT molecular complexity index is 450. The third-order valence-corrected chi connectivity index (χ3v) is 3.80. The van der Waals surface area contributed by atoms with Gasteiger partial charge in [-0.2, -0.15) is 0 Å². The smallest absolute Gasteiger partial charge is 0.119 e. The van der Waals surface area contributed by atoms with E-state index in [0.29, 0.717) is 5.75 Å². The van der Waals surface area contributed by atoms with Crippen molar-refractivity contribution >= 4 is 0 Å². The number of rotatable bonds is 4. The van der Waals surface area contributed by atoms with Gasteiger partial charge in [-0.15, -0.1) is 6.58 Å². The maximum atomic E-state index is 10.0. The van der Waals surface area contributed by atoms with Crippen molar-refractivity contribution in [3.8, 4) is 5.75 Å². The zero-order chi connectivity index (χ0) is 13.0. The number of para-hydroxylation sites is 1. The van der Waals surface area contributed by atoms with Crippen molar-refractivity contribution in [1.29, 1.82) is 0 Å². The third kappa shape index (κ3) is 2.21. The largest absolute Gasteiger partial charge is 0.508 e. The molecule has 1 N–H and O–H groups in total. The van der Waals surface area contributed by atoms with Crippen LogP contribution in [0.4, 0.5) is 0 Å². The van der Waals surface area contributed by atoms with Crippen molar-refractivity contribution in [3.63, 3.8) is 0 Å². The molecule has 2 heteroatoms. The van der Waals surface area contributed by atoms with Gasteiger partial charge in [-0.25, -0.2) is 0 Å². The van der Waals surface area contributed by atoms with E-state index in [1.54, 1.807) is 13.2 Å². The Morgan fingerprint density at radius 2 is 2.28 bits per heavy atom. The van der Waals surface area contributed by atoms with Gasteiger partial charge >= 0.3 is 0 Å². The van der Waals surface area contributed by atoms with Crippen molar-refractivity contribution in [2.45, 2.75) is 30.8 Å². The SMILES string of the molecule is C=CC[C@]1(OC)CCC=C[C@H]1c1ccccc1O. The average molecular weight is 244 g/mol. The van der Waals surface area contributed by atoms with Crippen LogP contribution >= 0.6 is 0 Å². The van der Waals surface area contributed by atoms with Crippen LogP contribution in [0, 0.1) is 0 Å². The van der Waals surface area contributed by atoms with Gasteiger partial charge in [0.25, 0.3) is 0 Å². The van der Waals surface area contributed by atoms with Crippen LogP contribution in [0.1, 0.15) is 30.7 Å². The molecule has 1 aliphatic rings. The summed E-state index contributed by atoms with van der Waals surface area (Å²) in [5, 5.41) is 10.0. The first-order valence-electron chi connectivity index (χ1n) is 6.34. The molecule has 18 heavy (non-hydrogen) atoms. The van der Waals surface area contributed by atoms with Crippen molar-refractivity contribution in [2.24, 2.45) is 0 Å². The summed E-state index contributed by atoms with van der Waals surface area (Å²) >= 11 is 0. The lowest BCUT2D eigenvalue weighted by Gasteiger charge is -2.40. The molecule has 0 radical (unpaired) electrons. The molecule has 2 nitrogen and oxygen atoms in total. The van der Waals surface area contributed by atoms with Gasteiger partial charge in [-0.3, -0.25) is 0 Å². The van der Waals surface area contributed by atoms with Crippen LogP contribution in [0.3, 0.4) is 0 Å². The second kappa shape index (κ2) is 5.40. The monoisotopic (exact) mass is 244 g/mol. The highest BCUT2D eigenvalue weighted by atomic mass is 16.5. The van der Waals surface area contributed by atoms with Gasteiger partial charge in [0, 0.05) is 18.6 Å². The summed E-state index contributed by atoms with van der Waals surface area (Å²) in [4.78, 5) is 0. The fourth-order valence-electron chi connectivity index (χ4n) is 2.81. The molecule has 0 amide bonds. The Hall–Kier alpha value is -1.54. The summed E-state index contributed by atoms with van der Waals surface area (Å²) in [5.41, 5.74) is 0.646. The highest BCUT2D eigenvalue weighted by Crippen LogP contribution is 2.44. The molecule has 0 aliphatic heterocycles. The van der Waals surface area contributed by atoms with Gasteiger partial charge < -0.3 is 9.84 Å². The number of hydrogen-bond acceptors (Lipinski definition) is 2. The zero-order valence-electron chi connectivity index (χ0n) is 10.8. The Balaban J connectivity index is 2.45. The van der Waals surface area contributed by atoms with Gasteiger partial charge in [-0.1, -0.05) is 36.4 Å². The second-order valence-corrected chi connectivity index (χ2v) is 4.77. The summed E-state index contributed by atoms with van der Waals surface area (Å²) in [6.07, 6.45) is 8.95. The summed E-state index contributed by atoms with van der Waals surface area (Å²) in [6, 6.07) is 7.48. The lowest BCUT2D eigenvalue weighted by molar-refractivity contribution is -0.0298. The molecule has 2 rings (SSSR count). The van der Waals surface area contributed by atoms with E-state index in [0.717, 1.165) is 24.8 Å². The van der Waals surface area contributed by atoms with E-state index in [2.05, 4.69) is 18.7 Å². The van der Waals surface area contributed by atoms with Gasteiger partial charge in [0.1, 0.15) is 5.75 Å². The minimum Gasteiger partial charge on any atom is -0.508 e. The van der Waals surface area contributed by atoms with Crippen molar-refractivity contribution in [2.75, 3.05) is 7.11 Å². The standard InChI is InChI=1S/C16H20O2/c1-3-11-16(18-2)12-7-6-9-14(16)13-8-4-5-10-15(13)17/h3-6,8-10,14,17H,1,7,11-12H2,2H3/t14-,16-/m0/s1. The maximum absolute atomic E-state index is 10.0. The number of methoxy groups -OCH3 is 1. The first kappa shape index (κ1) is 12.9. The summed E-state index contributed by atoms with van der Waals surface area (Å²) in [6.45, 7) is 3.83. The fraction of sp³-hybridized carbons (Fsp3) is 0.375. The van der Waals surface area contributed by atoms with Crippen LogP contribution in [-0.2, 0) is 4.74 Å². The summed E-state index contributed by atoms with van der Waals surface area (Å²) in [7, 11) is 1.75. The Morgan fingerprint density at radius 3 is 2.94 bits per heavy atom. The first-order chi connectivity index (χ1) is 8.73. The van der Waals surface area contributed by atoms with E-state index in [9.17, 15) is 5.11 Å². The quantitative estimate of drug-likeness (QED) is 0.817. The van der Waals surface area contributed by atoms with E-state index >= 15 is 0 Å². The highest BCUT2D eigenvalue weighted by Gasteiger charge is 2.39. The molecule has 0 saturated heterocycles. The maximum Gasteiger partial charge on any atom is 0.119 e. The second-order valence-electron chi connectivity index (χ2n) is 4.77. The minimum absolute atomic E-state index is 0.0791. The number of phenols is 1. The first-order valence-corrected chi connectivity index (χ1v) is 6.34. The highest BCUT2D eigenvalue weighted by molar-refractivity contribution is 5.40. The van der Waals surface area contributed by atoms with E-state index < -0.39 is 0 Å². The number of phenolic OH excluding ortho intramolecular Hbond substituents is 1. The molecule has 1 aliphatic carbocycles. The van der Waals surface area contributed by atoms with Gasteiger partial charge in [0.15, 0.2) is 0 Å². The normalized spacial score (nSPS) is 27.1. The zero-order valence-corrected chi connectivity index (χ0v) is 10.8. The topological polar surface area (TPSA) is 29.5 Å². The van der Waals surface area contributed by atoms with Crippen LogP contribution in [0.15, 0.2) is 49.1 Å². The van der Waals surface area contributed by atoms with Gasteiger partial charge in [-0.05, 0) is 25.3 Å². The predicted octanol–water partition coefficient (Wildman–Crippen LogP) is 3.79. The molecular formula is C16H20O2. The van der Waals surface area contributed by atoms with E-state index in [1.807, 2.05) is 24.3 Å². The number of ether oxygens (including phenoxy) is 1.